The molecule has 16 heteroatoms. The van der Waals surface area contributed by atoms with Gasteiger partial charge in [0.1, 0.15) is 0 Å². The number of allylic oxidation sites excluding steroid dienone is 1. The zero-order chi connectivity index (χ0) is 29.3. The number of rotatable bonds is 13. The van der Waals surface area contributed by atoms with Crippen molar-refractivity contribution in [2.45, 2.75) is 83.4 Å². The van der Waals surface area contributed by atoms with Gasteiger partial charge < -0.3 is 18.9 Å². The van der Waals surface area contributed by atoms with E-state index >= 15 is 0 Å². The van der Waals surface area contributed by atoms with Gasteiger partial charge in [0.15, 0.2) is 0 Å². The first-order chi connectivity index (χ1) is 19.7. The highest BCUT2D eigenvalue weighted by molar-refractivity contribution is 4.87. The summed E-state index contributed by atoms with van der Waals surface area (Å²) in [5.74, 6) is 0. The van der Waals surface area contributed by atoms with Gasteiger partial charge in [-0.1, -0.05) is 19.4 Å². The number of unbranched alkanes of at least 4 members (excludes halogenated alkanes) is 1. The highest BCUT2D eigenvalue weighted by Crippen LogP contribution is 2.11. The van der Waals surface area contributed by atoms with Gasteiger partial charge in [-0.05, 0) is 6.42 Å². The SMILES string of the molecule is C=CCn1c(=O)n(CC2CO2)c(=O)n(CC2CO2)c1=O.CCCCn1c(=O)n(CC2CO2)c(=O)n(CC2CO2)c1=O. The van der Waals surface area contributed by atoms with Crippen LogP contribution in [0.25, 0.3) is 0 Å². The van der Waals surface area contributed by atoms with E-state index in [0.29, 0.717) is 39.4 Å². The summed E-state index contributed by atoms with van der Waals surface area (Å²) in [7, 11) is 0. The standard InChI is InChI=1S/C13H19N3O5.C12H15N3O5/c1-2-3-4-14-11(17)15(5-9-7-20-9)13(19)16(12(14)18)6-10-8-21-10;1-2-3-13-10(16)14(4-8-6-19-8)12(18)15(11(13)17)5-9-7-20-9/h9-10H,2-8H2,1H3;2,8-9H,1,3-7H2. The van der Waals surface area contributed by atoms with Gasteiger partial charge in [0.2, 0.25) is 0 Å². The Bertz CT molecular complexity index is 1540. The van der Waals surface area contributed by atoms with Gasteiger partial charge in [0.25, 0.3) is 0 Å². The van der Waals surface area contributed by atoms with Crippen molar-refractivity contribution >= 4 is 0 Å². The van der Waals surface area contributed by atoms with Crippen LogP contribution in [0, 0.1) is 0 Å². The van der Waals surface area contributed by atoms with Crippen LogP contribution < -0.4 is 34.1 Å². The number of aromatic nitrogens is 6. The van der Waals surface area contributed by atoms with Crippen LogP contribution in [0.5, 0.6) is 0 Å². The van der Waals surface area contributed by atoms with Crippen molar-refractivity contribution in [3.05, 3.63) is 75.6 Å². The lowest BCUT2D eigenvalue weighted by atomic mass is 10.3. The third-order valence-corrected chi connectivity index (χ3v) is 6.97. The summed E-state index contributed by atoms with van der Waals surface area (Å²) in [5.41, 5.74) is -3.49. The minimum atomic E-state index is -0.622. The number of ether oxygens (including phenoxy) is 4. The van der Waals surface area contributed by atoms with Gasteiger partial charge >= 0.3 is 34.1 Å². The second-order valence-electron chi connectivity index (χ2n) is 10.4. The fourth-order valence-electron chi connectivity index (χ4n) is 4.29. The zero-order valence-electron chi connectivity index (χ0n) is 22.8. The Hall–Kier alpha value is -3.60. The van der Waals surface area contributed by atoms with E-state index in [1.165, 1.54) is 6.08 Å². The Balaban J connectivity index is 0.000000165. The van der Waals surface area contributed by atoms with Crippen LogP contribution >= 0.6 is 0 Å². The summed E-state index contributed by atoms with van der Waals surface area (Å²) in [4.78, 5) is 73.7. The molecule has 4 aliphatic rings. The van der Waals surface area contributed by atoms with Crippen LogP contribution in [-0.4, -0.2) is 78.2 Å². The topological polar surface area (TPSA) is 182 Å². The van der Waals surface area contributed by atoms with Crippen molar-refractivity contribution in [1.29, 1.82) is 0 Å². The molecule has 4 aliphatic heterocycles. The molecule has 0 bridgehead atoms. The second-order valence-corrected chi connectivity index (χ2v) is 10.4. The highest BCUT2D eigenvalue weighted by Gasteiger charge is 2.30. The fourth-order valence-corrected chi connectivity index (χ4v) is 4.29. The molecule has 6 rings (SSSR count). The predicted octanol–water partition coefficient (Wildman–Crippen LogP) is -3.08. The van der Waals surface area contributed by atoms with E-state index in [1.54, 1.807) is 0 Å². The summed E-state index contributed by atoms with van der Waals surface area (Å²) >= 11 is 0. The normalized spacial score (nSPS) is 23.4. The molecule has 6 heterocycles. The Morgan fingerprint density at radius 2 is 0.878 bits per heavy atom. The van der Waals surface area contributed by atoms with Crippen molar-refractivity contribution < 1.29 is 18.9 Å². The fraction of sp³-hybridized carbons (Fsp3) is 0.680. The van der Waals surface area contributed by atoms with E-state index < -0.39 is 34.1 Å². The van der Waals surface area contributed by atoms with E-state index in [4.69, 9.17) is 18.9 Å². The monoisotopic (exact) mass is 578 g/mol. The molecule has 0 aliphatic carbocycles. The number of nitrogens with zero attached hydrogens (tertiary/aromatic N) is 6. The Kier molecular flexibility index (Phi) is 8.53. The van der Waals surface area contributed by atoms with Gasteiger partial charge in [-0.2, -0.15) is 0 Å². The van der Waals surface area contributed by atoms with Crippen molar-refractivity contribution in [2.24, 2.45) is 0 Å². The quantitative estimate of drug-likeness (QED) is 0.175. The molecule has 41 heavy (non-hydrogen) atoms. The molecular formula is C25H34N6O10. The first-order valence-electron chi connectivity index (χ1n) is 13.7. The van der Waals surface area contributed by atoms with Gasteiger partial charge in [-0.3, -0.25) is 0 Å². The van der Waals surface area contributed by atoms with Gasteiger partial charge in [-0.15, -0.1) is 6.58 Å². The molecule has 4 atom stereocenters. The second kappa shape index (κ2) is 12.1. The molecule has 0 spiro atoms. The lowest BCUT2D eigenvalue weighted by molar-refractivity contribution is 0.339. The summed E-state index contributed by atoms with van der Waals surface area (Å²) in [5, 5.41) is 0. The maximum atomic E-state index is 12.4. The molecule has 16 nitrogen and oxygen atoms in total. The summed E-state index contributed by atoms with van der Waals surface area (Å²) in [6.45, 7) is 8.78. The molecule has 0 N–H and O–H groups in total. The molecule has 2 aromatic rings. The molecule has 224 valence electrons. The molecule has 0 amide bonds. The van der Waals surface area contributed by atoms with Crippen LogP contribution in [0.2, 0.25) is 0 Å². The van der Waals surface area contributed by atoms with Crippen molar-refractivity contribution in [3.8, 4) is 0 Å². The average Bonchev–Trinajstić information content (AvgIpc) is 3.77. The first-order valence-corrected chi connectivity index (χ1v) is 13.7. The maximum absolute atomic E-state index is 12.4. The van der Waals surface area contributed by atoms with Crippen LogP contribution in [0.4, 0.5) is 0 Å². The van der Waals surface area contributed by atoms with Crippen LogP contribution in [0.15, 0.2) is 41.4 Å². The minimum absolute atomic E-state index is 0.0645. The summed E-state index contributed by atoms with van der Waals surface area (Å²) in [6.07, 6.45) is 2.58. The van der Waals surface area contributed by atoms with Crippen LogP contribution in [-0.2, 0) is 58.2 Å². The van der Waals surface area contributed by atoms with Crippen molar-refractivity contribution in [1.82, 2.24) is 27.4 Å². The summed E-state index contributed by atoms with van der Waals surface area (Å²) in [6, 6.07) is 0. The largest absolute Gasteiger partial charge is 0.371 e. The highest BCUT2D eigenvalue weighted by atomic mass is 16.6. The molecule has 0 saturated carbocycles. The first kappa shape index (κ1) is 28.9. The van der Waals surface area contributed by atoms with E-state index in [-0.39, 0.29) is 57.1 Å². The van der Waals surface area contributed by atoms with E-state index in [0.717, 1.165) is 33.8 Å². The minimum Gasteiger partial charge on any atom is -0.371 e. The lowest BCUT2D eigenvalue weighted by Crippen LogP contribution is -2.55. The van der Waals surface area contributed by atoms with Gasteiger partial charge in [-0.25, -0.2) is 56.2 Å². The van der Waals surface area contributed by atoms with Crippen LogP contribution in [0.1, 0.15) is 19.8 Å². The van der Waals surface area contributed by atoms with Crippen LogP contribution in [0.3, 0.4) is 0 Å². The maximum Gasteiger partial charge on any atom is 0.336 e. The molecule has 0 aromatic carbocycles. The van der Waals surface area contributed by atoms with Crippen molar-refractivity contribution in [2.75, 3.05) is 26.4 Å². The third kappa shape index (κ3) is 6.83. The third-order valence-electron chi connectivity index (χ3n) is 6.97. The molecule has 4 fully saturated rings. The Morgan fingerprint density at radius 1 is 0.585 bits per heavy atom. The summed E-state index contributed by atoms with van der Waals surface area (Å²) < 4.78 is 26.7. The number of epoxide rings is 4. The van der Waals surface area contributed by atoms with E-state index in [9.17, 15) is 28.8 Å². The van der Waals surface area contributed by atoms with Gasteiger partial charge in [0, 0.05) is 6.54 Å². The molecule has 2 aromatic heterocycles. The van der Waals surface area contributed by atoms with E-state index in [2.05, 4.69) is 6.58 Å². The van der Waals surface area contributed by atoms with E-state index in [1.807, 2.05) is 6.92 Å². The molecule has 4 unspecified atom stereocenters. The molecular weight excluding hydrogens is 544 g/mol. The zero-order valence-corrected chi connectivity index (χ0v) is 22.8. The Labute approximate surface area is 232 Å². The number of hydrogen-bond donors (Lipinski definition) is 0. The average molecular weight is 579 g/mol. The molecule has 0 radical (unpaired) electrons. The molecule has 4 saturated heterocycles. The lowest BCUT2D eigenvalue weighted by Gasteiger charge is -2.12. The van der Waals surface area contributed by atoms with Crippen molar-refractivity contribution in [3.63, 3.8) is 0 Å². The number of hydrogen-bond acceptors (Lipinski definition) is 10. The Morgan fingerprint density at radius 3 is 1.15 bits per heavy atom. The van der Waals surface area contributed by atoms with Gasteiger partial charge in [0.05, 0.1) is 83.6 Å². The smallest absolute Gasteiger partial charge is 0.336 e. The predicted molar refractivity (Wildman–Crippen MR) is 143 cm³/mol.